The second-order valence-electron chi connectivity index (χ2n) is 6.69. The van der Waals surface area contributed by atoms with Crippen molar-refractivity contribution in [3.63, 3.8) is 0 Å². The van der Waals surface area contributed by atoms with Gasteiger partial charge in [-0.25, -0.2) is 23.7 Å². The van der Waals surface area contributed by atoms with Gasteiger partial charge in [0, 0.05) is 13.1 Å². The molecule has 5 nitrogen and oxygen atoms in total. The second-order valence-corrected chi connectivity index (χ2v) is 6.69. The molecule has 0 bridgehead atoms. The van der Waals surface area contributed by atoms with Gasteiger partial charge in [-0.15, -0.1) is 0 Å². The molecule has 0 unspecified atom stereocenters. The van der Waals surface area contributed by atoms with Gasteiger partial charge in [0.25, 0.3) is 0 Å². The van der Waals surface area contributed by atoms with Crippen LogP contribution in [0.2, 0.25) is 0 Å². The highest BCUT2D eigenvalue weighted by Crippen LogP contribution is 2.28. The minimum atomic E-state index is -0.798. The van der Waals surface area contributed by atoms with Gasteiger partial charge in [0.05, 0.1) is 5.39 Å². The Kier molecular flexibility index (Phi) is 4.36. The summed E-state index contributed by atoms with van der Waals surface area (Å²) in [4.78, 5) is 15.1. The van der Waals surface area contributed by atoms with E-state index in [0.717, 1.165) is 49.1 Å². The third-order valence-electron chi connectivity index (χ3n) is 4.92. The Bertz CT molecular complexity index is 938. The zero-order valence-corrected chi connectivity index (χ0v) is 14.2. The number of fused-ring (bicyclic) bond motifs is 1. The van der Waals surface area contributed by atoms with Crippen LogP contribution < -0.4 is 10.6 Å². The number of anilines is 2. The number of pyridine rings is 1. The third kappa shape index (κ3) is 3.29. The molecule has 1 aromatic carbocycles. The van der Waals surface area contributed by atoms with Gasteiger partial charge in [0.15, 0.2) is 17.3 Å². The average Bonchev–Trinajstić information content (AvgIpc) is 2.65. The summed E-state index contributed by atoms with van der Waals surface area (Å²) in [5.41, 5.74) is 7.17. The number of nitrogens with two attached hydrogens (primary N) is 1. The number of piperidine rings is 1. The Morgan fingerprint density at radius 1 is 1.04 bits per heavy atom. The maximum absolute atomic E-state index is 13.4. The van der Waals surface area contributed by atoms with Crippen molar-refractivity contribution < 1.29 is 8.78 Å². The number of aromatic nitrogens is 3. The number of benzene rings is 1. The Labute approximate surface area is 149 Å². The van der Waals surface area contributed by atoms with E-state index in [-0.39, 0.29) is 0 Å². The van der Waals surface area contributed by atoms with Crippen LogP contribution in [0.15, 0.2) is 36.7 Å². The summed E-state index contributed by atoms with van der Waals surface area (Å²) in [5.74, 6) is 0.173. The van der Waals surface area contributed by atoms with E-state index in [9.17, 15) is 8.78 Å². The highest BCUT2D eigenvalue weighted by molar-refractivity contribution is 5.87. The van der Waals surface area contributed by atoms with E-state index in [0.29, 0.717) is 17.4 Å². The Morgan fingerprint density at radius 3 is 2.62 bits per heavy atom. The monoisotopic (exact) mass is 355 g/mol. The Hall–Kier alpha value is -2.83. The van der Waals surface area contributed by atoms with E-state index in [4.69, 9.17) is 5.73 Å². The highest BCUT2D eigenvalue weighted by atomic mass is 19.2. The first kappa shape index (κ1) is 16.6. The Balaban J connectivity index is 1.46. The van der Waals surface area contributed by atoms with E-state index in [1.807, 2.05) is 6.07 Å². The summed E-state index contributed by atoms with van der Waals surface area (Å²) >= 11 is 0. The van der Waals surface area contributed by atoms with E-state index < -0.39 is 11.6 Å². The fourth-order valence-electron chi connectivity index (χ4n) is 3.54. The molecule has 1 aliphatic rings. The molecule has 7 heteroatoms. The molecule has 0 aliphatic carbocycles. The maximum atomic E-state index is 13.4. The standard InChI is InChI=1S/C19H19F2N5/c20-15-3-1-13(10-16(15)21)9-12-5-7-26(8-6-12)19-14-2-4-17(22)25-18(14)23-11-24-19/h1-4,10-12H,5-9H2,(H2,22,23,24,25). The average molecular weight is 355 g/mol. The molecule has 0 amide bonds. The molecule has 1 aliphatic heterocycles. The molecular weight excluding hydrogens is 336 g/mol. The van der Waals surface area contributed by atoms with Gasteiger partial charge < -0.3 is 10.6 Å². The van der Waals surface area contributed by atoms with Crippen molar-refractivity contribution in [2.75, 3.05) is 23.7 Å². The molecule has 0 saturated carbocycles. The van der Waals surface area contributed by atoms with Crippen LogP contribution in [0.3, 0.4) is 0 Å². The zero-order valence-electron chi connectivity index (χ0n) is 14.2. The topological polar surface area (TPSA) is 67.9 Å². The van der Waals surface area contributed by atoms with Gasteiger partial charge in [0.1, 0.15) is 18.0 Å². The summed E-state index contributed by atoms with van der Waals surface area (Å²) in [6.07, 6.45) is 4.20. The molecule has 4 rings (SSSR count). The van der Waals surface area contributed by atoms with E-state index in [1.54, 1.807) is 12.1 Å². The molecule has 0 spiro atoms. The first-order valence-electron chi connectivity index (χ1n) is 8.66. The number of nitrogen functional groups attached to an aromatic ring is 1. The molecule has 2 aromatic heterocycles. The van der Waals surface area contributed by atoms with Gasteiger partial charge in [-0.05, 0) is 55.0 Å². The second kappa shape index (κ2) is 6.82. The molecule has 0 atom stereocenters. The summed E-state index contributed by atoms with van der Waals surface area (Å²) in [6, 6.07) is 7.82. The van der Waals surface area contributed by atoms with E-state index >= 15 is 0 Å². The van der Waals surface area contributed by atoms with E-state index in [2.05, 4.69) is 19.9 Å². The summed E-state index contributed by atoms with van der Waals surface area (Å²) in [7, 11) is 0. The van der Waals surface area contributed by atoms with Crippen LogP contribution in [0.5, 0.6) is 0 Å². The van der Waals surface area contributed by atoms with Crippen LogP contribution in [0.25, 0.3) is 11.0 Å². The lowest BCUT2D eigenvalue weighted by Crippen LogP contribution is -2.35. The molecule has 3 heterocycles. The molecule has 26 heavy (non-hydrogen) atoms. The first-order valence-corrected chi connectivity index (χ1v) is 8.66. The number of halogens is 2. The van der Waals surface area contributed by atoms with Crippen molar-refractivity contribution in [2.45, 2.75) is 19.3 Å². The van der Waals surface area contributed by atoms with Crippen LogP contribution >= 0.6 is 0 Å². The van der Waals surface area contributed by atoms with Crippen LogP contribution in [0, 0.1) is 17.6 Å². The molecular formula is C19H19F2N5. The first-order chi connectivity index (χ1) is 12.6. The lowest BCUT2D eigenvalue weighted by Gasteiger charge is -2.33. The Morgan fingerprint density at radius 2 is 1.85 bits per heavy atom. The molecule has 1 fully saturated rings. The van der Waals surface area contributed by atoms with E-state index in [1.165, 1.54) is 18.5 Å². The number of hydrogen-bond acceptors (Lipinski definition) is 5. The fourth-order valence-corrected chi connectivity index (χ4v) is 3.54. The third-order valence-corrected chi connectivity index (χ3v) is 4.92. The van der Waals surface area contributed by atoms with Gasteiger partial charge in [-0.3, -0.25) is 0 Å². The molecule has 1 saturated heterocycles. The fraction of sp³-hybridized carbons (Fsp3) is 0.316. The normalized spacial score (nSPS) is 15.5. The summed E-state index contributed by atoms with van der Waals surface area (Å²) in [5, 5.41) is 0.890. The summed E-state index contributed by atoms with van der Waals surface area (Å²) < 4.78 is 26.4. The van der Waals surface area contributed by atoms with Crippen molar-refractivity contribution in [3.8, 4) is 0 Å². The predicted molar refractivity (Wildman–Crippen MR) is 96.7 cm³/mol. The van der Waals surface area contributed by atoms with Crippen molar-refractivity contribution in [2.24, 2.45) is 5.92 Å². The lowest BCUT2D eigenvalue weighted by molar-refractivity contribution is 0.401. The lowest BCUT2D eigenvalue weighted by atomic mass is 9.90. The van der Waals surface area contributed by atoms with Gasteiger partial charge in [0.2, 0.25) is 0 Å². The van der Waals surface area contributed by atoms with Crippen molar-refractivity contribution >= 4 is 22.7 Å². The van der Waals surface area contributed by atoms with Crippen molar-refractivity contribution in [1.29, 1.82) is 0 Å². The molecule has 134 valence electrons. The van der Waals surface area contributed by atoms with Crippen LogP contribution in [0.4, 0.5) is 20.4 Å². The van der Waals surface area contributed by atoms with Gasteiger partial charge >= 0.3 is 0 Å². The number of nitrogens with zero attached hydrogens (tertiary/aromatic N) is 4. The van der Waals surface area contributed by atoms with Crippen LogP contribution in [0.1, 0.15) is 18.4 Å². The minimum Gasteiger partial charge on any atom is -0.384 e. The van der Waals surface area contributed by atoms with Crippen LogP contribution in [-0.4, -0.2) is 28.0 Å². The molecule has 2 N–H and O–H groups in total. The van der Waals surface area contributed by atoms with Crippen molar-refractivity contribution in [3.05, 3.63) is 53.9 Å². The van der Waals surface area contributed by atoms with Crippen LogP contribution in [-0.2, 0) is 6.42 Å². The van der Waals surface area contributed by atoms with Gasteiger partial charge in [-0.1, -0.05) is 6.07 Å². The predicted octanol–water partition coefficient (Wildman–Crippen LogP) is 3.34. The smallest absolute Gasteiger partial charge is 0.166 e. The molecule has 0 radical (unpaired) electrons. The largest absolute Gasteiger partial charge is 0.384 e. The van der Waals surface area contributed by atoms with Gasteiger partial charge in [-0.2, -0.15) is 0 Å². The highest BCUT2D eigenvalue weighted by Gasteiger charge is 2.22. The SMILES string of the molecule is Nc1ccc2c(N3CCC(Cc4ccc(F)c(F)c4)CC3)ncnc2n1. The number of rotatable bonds is 3. The zero-order chi connectivity index (χ0) is 18.1. The van der Waals surface area contributed by atoms with Crippen molar-refractivity contribution in [1.82, 2.24) is 15.0 Å². The quantitative estimate of drug-likeness (QED) is 0.780. The number of hydrogen-bond donors (Lipinski definition) is 1. The molecule has 3 aromatic rings. The summed E-state index contributed by atoms with van der Waals surface area (Å²) in [6.45, 7) is 1.70. The minimum absolute atomic E-state index is 0.437. The maximum Gasteiger partial charge on any atom is 0.166 e.